The number of carbonyl (C=O) groups excluding carboxylic acids is 1. The van der Waals surface area contributed by atoms with E-state index in [-0.39, 0.29) is 12.3 Å². The maximum absolute atomic E-state index is 11.1. The second-order valence-corrected chi connectivity index (χ2v) is 6.05. The zero-order chi connectivity index (χ0) is 14.7. The molecule has 0 saturated heterocycles. The molecule has 104 valence electrons. The van der Waals surface area contributed by atoms with E-state index in [1.807, 2.05) is 24.3 Å². The minimum absolute atomic E-state index is 0.122. The second-order valence-electron chi connectivity index (χ2n) is 4.05. The quantitative estimate of drug-likeness (QED) is 0.883. The Morgan fingerprint density at radius 3 is 2.55 bits per heavy atom. The molecule has 0 aliphatic heterocycles. The lowest BCUT2D eigenvalue weighted by molar-refractivity contribution is -0.136. The van der Waals surface area contributed by atoms with E-state index in [2.05, 4.69) is 26.2 Å². The predicted molar refractivity (Wildman–Crippen MR) is 80.9 cm³/mol. The van der Waals surface area contributed by atoms with Gasteiger partial charge in [-0.1, -0.05) is 28.1 Å². The summed E-state index contributed by atoms with van der Waals surface area (Å²) in [5.74, 6) is -1.16. The monoisotopic (exact) mass is 354 g/mol. The fourth-order valence-corrected chi connectivity index (χ4v) is 2.93. The standard InChI is InChI=1S/C13H11BrN2O3S/c1-7(17)15-13-16-12(10(20-13)6-11(18)19)8-2-4-9(14)5-3-8/h2-5H,6H2,1H3,(H,18,19)(H,15,16,17). The van der Waals surface area contributed by atoms with E-state index in [0.29, 0.717) is 15.7 Å². The average molecular weight is 355 g/mol. The van der Waals surface area contributed by atoms with Crippen LogP contribution in [0.2, 0.25) is 0 Å². The Kier molecular flexibility index (Phi) is 4.51. The summed E-state index contributed by atoms with van der Waals surface area (Å²) in [5, 5.41) is 12.0. The molecule has 0 bridgehead atoms. The van der Waals surface area contributed by atoms with Crippen molar-refractivity contribution in [2.75, 3.05) is 5.32 Å². The molecule has 1 amide bonds. The van der Waals surface area contributed by atoms with E-state index < -0.39 is 5.97 Å². The van der Waals surface area contributed by atoms with Gasteiger partial charge in [0.1, 0.15) is 0 Å². The van der Waals surface area contributed by atoms with Crippen LogP contribution in [0.4, 0.5) is 5.13 Å². The van der Waals surface area contributed by atoms with Crippen molar-refractivity contribution in [3.05, 3.63) is 33.6 Å². The molecule has 0 radical (unpaired) electrons. The van der Waals surface area contributed by atoms with Gasteiger partial charge in [-0.3, -0.25) is 9.59 Å². The summed E-state index contributed by atoms with van der Waals surface area (Å²) in [7, 11) is 0. The zero-order valence-corrected chi connectivity index (χ0v) is 12.9. The van der Waals surface area contributed by atoms with Crippen LogP contribution in [-0.2, 0) is 16.0 Å². The van der Waals surface area contributed by atoms with Crippen molar-refractivity contribution < 1.29 is 14.7 Å². The third kappa shape index (κ3) is 3.64. The molecule has 2 rings (SSSR count). The molecule has 5 nitrogen and oxygen atoms in total. The van der Waals surface area contributed by atoms with E-state index >= 15 is 0 Å². The van der Waals surface area contributed by atoms with Gasteiger partial charge < -0.3 is 10.4 Å². The van der Waals surface area contributed by atoms with E-state index in [1.54, 1.807) is 0 Å². The highest BCUT2D eigenvalue weighted by molar-refractivity contribution is 9.10. The van der Waals surface area contributed by atoms with Crippen LogP contribution < -0.4 is 5.32 Å². The molecule has 2 N–H and O–H groups in total. The first-order valence-electron chi connectivity index (χ1n) is 5.70. The summed E-state index contributed by atoms with van der Waals surface area (Å²) >= 11 is 4.53. The van der Waals surface area contributed by atoms with Crippen LogP contribution in [0.15, 0.2) is 28.7 Å². The third-order valence-electron chi connectivity index (χ3n) is 2.41. The molecule has 0 saturated carbocycles. The minimum atomic E-state index is -0.929. The number of nitrogens with one attached hydrogen (secondary N) is 1. The number of carbonyl (C=O) groups is 2. The van der Waals surface area contributed by atoms with Crippen molar-refractivity contribution in [3.63, 3.8) is 0 Å². The highest BCUT2D eigenvalue weighted by Gasteiger charge is 2.16. The normalized spacial score (nSPS) is 10.3. The van der Waals surface area contributed by atoms with E-state index in [9.17, 15) is 9.59 Å². The van der Waals surface area contributed by atoms with Crippen molar-refractivity contribution in [1.82, 2.24) is 4.98 Å². The molecule has 0 spiro atoms. The van der Waals surface area contributed by atoms with Gasteiger partial charge in [0.05, 0.1) is 12.1 Å². The van der Waals surface area contributed by atoms with Gasteiger partial charge in [0.25, 0.3) is 0 Å². The molecule has 0 fully saturated rings. The van der Waals surface area contributed by atoms with Crippen molar-refractivity contribution in [2.24, 2.45) is 0 Å². The Hall–Kier alpha value is -1.73. The summed E-state index contributed by atoms with van der Waals surface area (Å²) in [6.45, 7) is 1.39. The lowest BCUT2D eigenvalue weighted by atomic mass is 10.1. The van der Waals surface area contributed by atoms with Gasteiger partial charge in [0.15, 0.2) is 5.13 Å². The summed E-state index contributed by atoms with van der Waals surface area (Å²) < 4.78 is 0.929. The highest BCUT2D eigenvalue weighted by atomic mass is 79.9. The van der Waals surface area contributed by atoms with Crippen LogP contribution in [0.3, 0.4) is 0 Å². The number of halogens is 1. The van der Waals surface area contributed by atoms with Gasteiger partial charge in [0, 0.05) is 21.8 Å². The molecule has 7 heteroatoms. The molecule has 1 aromatic carbocycles. The Morgan fingerprint density at radius 2 is 2.00 bits per heavy atom. The molecule has 0 aliphatic rings. The molecular weight excluding hydrogens is 344 g/mol. The van der Waals surface area contributed by atoms with Gasteiger partial charge >= 0.3 is 5.97 Å². The van der Waals surface area contributed by atoms with Gasteiger partial charge in [-0.25, -0.2) is 4.98 Å². The number of hydrogen-bond acceptors (Lipinski definition) is 4. The fourth-order valence-electron chi connectivity index (χ4n) is 1.65. The van der Waals surface area contributed by atoms with Crippen molar-refractivity contribution in [1.29, 1.82) is 0 Å². The fraction of sp³-hybridized carbons (Fsp3) is 0.154. The lowest BCUT2D eigenvalue weighted by Crippen LogP contribution is -2.04. The van der Waals surface area contributed by atoms with Crippen LogP contribution in [0.5, 0.6) is 0 Å². The van der Waals surface area contributed by atoms with Crippen molar-refractivity contribution >= 4 is 44.3 Å². The van der Waals surface area contributed by atoms with E-state index in [1.165, 1.54) is 18.3 Å². The first-order valence-corrected chi connectivity index (χ1v) is 7.31. The lowest BCUT2D eigenvalue weighted by Gasteiger charge is -2.00. The minimum Gasteiger partial charge on any atom is -0.481 e. The molecule has 0 atom stereocenters. The first-order chi connectivity index (χ1) is 9.45. The van der Waals surface area contributed by atoms with E-state index in [0.717, 1.165) is 10.0 Å². The van der Waals surface area contributed by atoms with Gasteiger partial charge in [0.2, 0.25) is 5.91 Å². The molecule has 1 aromatic heterocycles. The van der Waals surface area contributed by atoms with Crippen LogP contribution in [0.1, 0.15) is 11.8 Å². The maximum Gasteiger partial charge on any atom is 0.308 e. The maximum atomic E-state index is 11.1. The highest BCUT2D eigenvalue weighted by Crippen LogP contribution is 2.32. The number of aromatic nitrogens is 1. The number of amides is 1. The van der Waals surface area contributed by atoms with Crippen LogP contribution >= 0.6 is 27.3 Å². The predicted octanol–water partition coefficient (Wildman–Crippen LogP) is 3.16. The third-order valence-corrected chi connectivity index (χ3v) is 3.91. The molecule has 0 aliphatic carbocycles. The summed E-state index contributed by atoms with van der Waals surface area (Å²) in [6.07, 6.45) is -0.122. The van der Waals surface area contributed by atoms with Crippen molar-refractivity contribution in [3.8, 4) is 11.3 Å². The number of rotatable bonds is 4. The number of thiazole rings is 1. The molecule has 20 heavy (non-hydrogen) atoms. The summed E-state index contributed by atoms with van der Waals surface area (Å²) in [6, 6.07) is 7.42. The topological polar surface area (TPSA) is 79.3 Å². The number of aliphatic carboxylic acids is 1. The molecular formula is C13H11BrN2O3S. The SMILES string of the molecule is CC(=O)Nc1nc(-c2ccc(Br)cc2)c(CC(=O)O)s1. The largest absolute Gasteiger partial charge is 0.481 e. The Balaban J connectivity index is 2.43. The van der Waals surface area contributed by atoms with Crippen molar-refractivity contribution in [2.45, 2.75) is 13.3 Å². The molecule has 2 aromatic rings. The Labute approximate surface area is 127 Å². The Morgan fingerprint density at radius 1 is 1.35 bits per heavy atom. The van der Waals surface area contributed by atoms with E-state index in [4.69, 9.17) is 5.11 Å². The average Bonchev–Trinajstić information content (AvgIpc) is 2.71. The smallest absolute Gasteiger partial charge is 0.308 e. The second kappa shape index (κ2) is 6.15. The van der Waals surface area contributed by atoms with Crippen LogP contribution in [0, 0.1) is 0 Å². The van der Waals surface area contributed by atoms with Crippen LogP contribution in [-0.4, -0.2) is 22.0 Å². The first kappa shape index (κ1) is 14.7. The number of carboxylic acid groups (broad SMARTS) is 1. The zero-order valence-electron chi connectivity index (χ0n) is 10.5. The Bertz CT molecular complexity index is 652. The number of anilines is 1. The number of benzene rings is 1. The molecule has 1 heterocycles. The summed E-state index contributed by atoms with van der Waals surface area (Å²) in [5.41, 5.74) is 1.41. The number of nitrogens with zero attached hydrogens (tertiary/aromatic N) is 1. The summed E-state index contributed by atoms with van der Waals surface area (Å²) in [4.78, 5) is 26.9. The number of hydrogen-bond donors (Lipinski definition) is 2. The van der Waals surface area contributed by atoms with Gasteiger partial charge in [-0.15, -0.1) is 11.3 Å². The van der Waals surface area contributed by atoms with Gasteiger partial charge in [-0.2, -0.15) is 0 Å². The van der Waals surface area contributed by atoms with Crippen LogP contribution in [0.25, 0.3) is 11.3 Å². The van der Waals surface area contributed by atoms with Gasteiger partial charge in [-0.05, 0) is 12.1 Å². The molecule has 0 unspecified atom stereocenters. The number of carboxylic acids is 1.